The van der Waals surface area contributed by atoms with Gasteiger partial charge >= 0.3 is 0 Å². The van der Waals surface area contributed by atoms with E-state index in [1.54, 1.807) is 0 Å². The molecular formula is C17H13F2N. The van der Waals surface area contributed by atoms with Crippen molar-refractivity contribution in [3.05, 3.63) is 70.8 Å². The van der Waals surface area contributed by atoms with Crippen LogP contribution in [0.2, 0.25) is 0 Å². The number of halogens is 2. The van der Waals surface area contributed by atoms with E-state index >= 15 is 0 Å². The molecule has 3 heteroatoms. The van der Waals surface area contributed by atoms with Crippen molar-refractivity contribution in [1.82, 2.24) is 0 Å². The normalized spacial score (nSPS) is 20.4. The minimum absolute atomic E-state index is 0.342. The van der Waals surface area contributed by atoms with Gasteiger partial charge in [-0.1, -0.05) is 24.3 Å². The Morgan fingerprint density at radius 2 is 1.80 bits per heavy atom. The van der Waals surface area contributed by atoms with Crippen molar-refractivity contribution >= 4 is 0 Å². The van der Waals surface area contributed by atoms with E-state index < -0.39 is 17.0 Å². The number of nitriles is 1. The molecule has 0 spiro atoms. The van der Waals surface area contributed by atoms with Gasteiger partial charge in [0.05, 0.1) is 11.5 Å². The van der Waals surface area contributed by atoms with Crippen molar-refractivity contribution in [2.75, 3.05) is 0 Å². The molecule has 20 heavy (non-hydrogen) atoms. The minimum atomic E-state index is -0.670. The molecule has 0 bridgehead atoms. The highest BCUT2D eigenvalue weighted by atomic mass is 19.1. The van der Waals surface area contributed by atoms with Gasteiger partial charge in [-0.25, -0.2) is 8.78 Å². The molecule has 0 saturated carbocycles. The van der Waals surface area contributed by atoms with Crippen molar-refractivity contribution in [2.45, 2.75) is 24.7 Å². The first kappa shape index (κ1) is 12.8. The number of nitrogens with zero attached hydrogens (tertiary/aromatic N) is 1. The summed E-state index contributed by atoms with van der Waals surface area (Å²) in [6.07, 6.45) is 1.87. The van der Waals surface area contributed by atoms with Gasteiger partial charge in [0.25, 0.3) is 0 Å². The molecule has 100 valence electrons. The van der Waals surface area contributed by atoms with Crippen molar-refractivity contribution in [2.24, 2.45) is 0 Å². The van der Waals surface area contributed by atoms with Gasteiger partial charge in [0.1, 0.15) is 11.6 Å². The van der Waals surface area contributed by atoms with Crippen LogP contribution in [0.3, 0.4) is 0 Å². The maximum absolute atomic E-state index is 13.3. The molecule has 0 aliphatic heterocycles. The Morgan fingerprint density at radius 1 is 1.10 bits per heavy atom. The van der Waals surface area contributed by atoms with Gasteiger partial charge in [-0.3, -0.25) is 0 Å². The van der Waals surface area contributed by atoms with Crippen LogP contribution in [-0.4, -0.2) is 0 Å². The highest BCUT2D eigenvalue weighted by molar-refractivity contribution is 5.45. The summed E-state index contributed by atoms with van der Waals surface area (Å²) < 4.78 is 26.6. The van der Waals surface area contributed by atoms with Crippen molar-refractivity contribution < 1.29 is 8.78 Å². The van der Waals surface area contributed by atoms with E-state index in [0.29, 0.717) is 18.4 Å². The second-order valence-corrected chi connectivity index (χ2v) is 5.31. The lowest BCUT2D eigenvalue weighted by Crippen LogP contribution is -2.24. The summed E-state index contributed by atoms with van der Waals surface area (Å²) in [6, 6.07) is 13.7. The van der Waals surface area contributed by atoms with E-state index in [1.165, 1.54) is 12.1 Å². The molecule has 0 aromatic heterocycles. The zero-order chi connectivity index (χ0) is 14.2. The van der Waals surface area contributed by atoms with Gasteiger partial charge in [-0.15, -0.1) is 0 Å². The first-order valence-electron chi connectivity index (χ1n) is 6.58. The fraction of sp³-hybridized carbons (Fsp3) is 0.235. The number of benzene rings is 2. The van der Waals surface area contributed by atoms with Gasteiger partial charge in [0, 0.05) is 6.07 Å². The molecule has 2 aromatic carbocycles. The maximum Gasteiger partial charge on any atom is 0.126 e. The number of hydrogen-bond donors (Lipinski definition) is 0. The fourth-order valence-corrected chi connectivity index (χ4v) is 3.09. The van der Waals surface area contributed by atoms with Crippen LogP contribution in [0, 0.1) is 23.0 Å². The molecule has 0 fully saturated rings. The summed E-state index contributed by atoms with van der Waals surface area (Å²) in [5, 5.41) is 9.63. The second-order valence-electron chi connectivity index (χ2n) is 5.31. The van der Waals surface area contributed by atoms with Gasteiger partial charge in [0.15, 0.2) is 0 Å². The Bertz CT molecular complexity index is 682. The molecule has 3 rings (SSSR count). The largest absolute Gasteiger partial charge is 0.207 e. The molecule has 0 saturated heterocycles. The number of fused-ring (bicyclic) bond motifs is 1. The standard InChI is InChI=1S/C17H13F2N/c18-14-7-12(8-15(19)9-14)10-17(11-20)6-5-13-3-1-2-4-16(13)17/h1-4,7-9H,5-6,10H2. The quantitative estimate of drug-likeness (QED) is 0.810. The smallest absolute Gasteiger partial charge is 0.126 e. The Balaban J connectivity index is 2.02. The van der Waals surface area contributed by atoms with E-state index in [2.05, 4.69) is 6.07 Å². The molecule has 1 nitrogen and oxygen atoms in total. The average molecular weight is 269 g/mol. The van der Waals surface area contributed by atoms with Gasteiger partial charge in [-0.2, -0.15) is 5.26 Å². The van der Waals surface area contributed by atoms with E-state index in [1.807, 2.05) is 24.3 Å². The van der Waals surface area contributed by atoms with Crippen LogP contribution in [0.1, 0.15) is 23.1 Å². The zero-order valence-electron chi connectivity index (χ0n) is 10.9. The summed E-state index contributed by atoms with van der Waals surface area (Å²) >= 11 is 0. The molecule has 1 unspecified atom stereocenters. The van der Waals surface area contributed by atoms with E-state index in [9.17, 15) is 14.0 Å². The Morgan fingerprint density at radius 3 is 2.50 bits per heavy atom. The van der Waals surface area contributed by atoms with Crippen LogP contribution in [0.25, 0.3) is 0 Å². The monoisotopic (exact) mass is 269 g/mol. The van der Waals surface area contributed by atoms with Crippen molar-refractivity contribution in [3.63, 3.8) is 0 Å². The molecule has 0 heterocycles. The van der Waals surface area contributed by atoms with Crippen LogP contribution in [0.15, 0.2) is 42.5 Å². The summed E-state index contributed by atoms with van der Waals surface area (Å²) in [7, 11) is 0. The molecular weight excluding hydrogens is 256 g/mol. The summed E-state index contributed by atoms with van der Waals surface area (Å²) in [4.78, 5) is 0. The van der Waals surface area contributed by atoms with Gasteiger partial charge in [-0.05, 0) is 48.1 Å². The number of rotatable bonds is 2. The number of hydrogen-bond acceptors (Lipinski definition) is 1. The van der Waals surface area contributed by atoms with Crippen LogP contribution in [0.4, 0.5) is 8.78 Å². The number of aryl methyl sites for hydroxylation is 1. The first-order chi connectivity index (χ1) is 9.63. The molecule has 0 N–H and O–H groups in total. The molecule has 0 radical (unpaired) electrons. The summed E-state index contributed by atoms with van der Waals surface area (Å²) in [6.45, 7) is 0. The first-order valence-corrected chi connectivity index (χ1v) is 6.58. The molecule has 0 amide bonds. The fourth-order valence-electron chi connectivity index (χ4n) is 3.09. The Labute approximate surface area is 116 Å². The minimum Gasteiger partial charge on any atom is -0.207 e. The predicted octanol–water partition coefficient (Wildman–Crippen LogP) is 3.92. The van der Waals surface area contributed by atoms with Crippen LogP contribution >= 0.6 is 0 Å². The molecule has 1 aliphatic rings. The lowest BCUT2D eigenvalue weighted by atomic mass is 9.78. The summed E-state index contributed by atoms with van der Waals surface area (Å²) in [5.74, 6) is -1.20. The van der Waals surface area contributed by atoms with E-state index in [0.717, 1.165) is 23.6 Å². The Hall–Kier alpha value is -2.21. The third kappa shape index (κ3) is 2.08. The van der Waals surface area contributed by atoms with Crippen LogP contribution < -0.4 is 0 Å². The summed E-state index contributed by atoms with van der Waals surface area (Å²) in [5.41, 5.74) is 2.01. The SMILES string of the molecule is N#CC1(Cc2cc(F)cc(F)c2)CCc2ccccc21. The van der Waals surface area contributed by atoms with Crippen LogP contribution in [0.5, 0.6) is 0 Å². The molecule has 1 atom stereocenters. The highest BCUT2D eigenvalue weighted by Gasteiger charge is 2.38. The average Bonchev–Trinajstić information content (AvgIpc) is 2.78. The lowest BCUT2D eigenvalue weighted by Gasteiger charge is -2.22. The Kier molecular flexibility index (Phi) is 3.02. The van der Waals surface area contributed by atoms with E-state index in [-0.39, 0.29) is 0 Å². The van der Waals surface area contributed by atoms with Gasteiger partial charge < -0.3 is 0 Å². The topological polar surface area (TPSA) is 23.8 Å². The third-order valence-electron chi connectivity index (χ3n) is 4.00. The highest BCUT2D eigenvalue weighted by Crippen LogP contribution is 2.41. The second kappa shape index (κ2) is 4.72. The molecule has 2 aromatic rings. The van der Waals surface area contributed by atoms with E-state index in [4.69, 9.17) is 0 Å². The van der Waals surface area contributed by atoms with Crippen LogP contribution in [-0.2, 0) is 18.3 Å². The maximum atomic E-state index is 13.3. The molecule has 1 aliphatic carbocycles. The predicted molar refractivity (Wildman–Crippen MR) is 72.1 cm³/mol. The van der Waals surface area contributed by atoms with Gasteiger partial charge in [0.2, 0.25) is 0 Å². The zero-order valence-corrected chi connectivity index (χ0v) is 10.9. The third-order valence-corrected chi connectivity index (χ3v) is 4.00. The van der Waals surface area contributed by atoms with Crippen molar-refractivity contribution in [3.8, 4) is 6.07 Å². The lowest BCUT2D eigenvalue weighted by molar-refractivity contribution is 0.530. The van der Waals surface area contributed by atoms with Crippen molar-refractivity contribution in [1.29, 1.82) is 5.26 Å².